The fourth-order valence-corrected chi connectivity index (χ4v) is 2.77. The number of carbonyl (C=O) groups excluding carboxylic acids is 1. The van der Waals surface area contributed by atoms with Gasteiger partial charge in [-0.25, -0.2) is 4.68 Å². The molecule has 0 aliphatic carbocycles. The number of nitrogens with zero attached hydrogens (tertiary/aromatic N) is 3. The lowest BCUT2D eigenvalue weighted by Crippen LogP contribution is -2.17. The summed E-state index contributed by atoms with van der Waals surface area (Å²) in [6.45, 7) is 7.93. The second-order valence-corrected chi connectivity index (χ2v) is 8.10. The van der Waals surface area contributed by atoms with Crippen LogP contribution in [-0.4, -0.2) is 27.3 Å². The number of carbonyl (C=O) groups is 1. The predicted octanol–water partition coefficient (Wildman–Crippen LogP) is 5.58. The van der Waals surface area contributed by atoms with Gasteiger partial charge in [-0.1, -0.05) is 45.9 Å². The smallest absolute Gasteiger partial charge is 0.416 e. The van der Waals surface area contributed by atoms with Crippen LogP contribution >= 0.6 is 0 Å². The van der Waals surface area contributed by atoms with Gasteiger partial charge in [-0.2, -0.15) is 18.2 Å². The minimum atomic E-state index is -4.43. The number of benzene rings is 2. The Morgan fingerprint density at radius 3 is 2.38 bits per heavy atom. The maximum Gasteiger partial charge on any atom is 0.416 e. The van der Waals surface area contributed by atoms with E-state index < -0.39 is 11.7 Å². The van der Waals surface area contributed by atoms with Crippen molar-refractivity contribution in [2.24, 2.45) is 11.8 Å². The number of halogens is 3. The van der Waals surface area contributed by atoms with Crippen molar-refractivity contribution in [2.45, 2.75) is 33.9 Å². The number of ether oxygens (including phenoxy) is 1. The molecule has 0 saturated heterocycles. The van der Waals surface area contributed by atoms with Crippen LogP contribution in [0.15, 0.2) is 48.5 Å². The van der Waals surface area contributed by atoms with Gasteiger partial charge in [-0.15, -0.1) is 5.10 Å². The molecule has 1 N–H and O–H groups in total. The van der Waals surface area contributed by atoms with Gasteiger partial charge in [0.05, 0.1) is 17.9 Å². The first-order valence-electron chi connectivity index (χ1n) is 10.2. The minimum Gasteiger partial charge on any atom is -0.462 e. The molecule has 32 heavy (non-hydrogen) atoms. The lowest BCUT2D eigenvalue weighted by Gasteiger charge is -2.11. The molecule has 2 aromatic carbocycles. The number of amides is 1. The minimum absolute atomic E-state index is 0.116. The van der Waals surface area contributed by atoms with E-state index in [1.807, 2.05) is 13.8 Å². The Kier molecular flexibility index (Phi) is 6.86. The van der Waals surface area contributed by atoms with Crippen LogP contribution in [0, 0.1) is 11.8 Å². The summed E-state index contributed by atoms with van der Waals surface area (Å²) >= 11 is 0. The lowest BCUT2D eigenvalue weighted by molar-refractivity contribution is -0.137. The average Bonchev–Trinajstić information content (AvgIpc) is 3.16. The van der Waals surface area contributed by atoms with Crippen LogP contribution in [0.2, 0.25) is 0 Å². The molecule has 1 heterocycles. The zero-order valence-corrected chi connectivity index (χ0v) is 18.3. The van der Waals surface area contributed by atoms with E-state index in [-0.39, 0.29) is 23.8 Å². The highest BCUT2D eigenvalue weighted by molar-refractivity contribution is 5.92. The largest absolute Gasteiger partial charge is 0.462 e. The summed E-state index contributed by atoms with van der Waals surface area (Å²) < 4.78 is 46.0. The summed E-state index contributed by atoms with van der Waals surface area (Å²) in [6, 6.07) is 11.8. The number of hydrogen-bond donors (Lipinski definition) is 1. The van der Waals surface area contributed by atoms with E-state index in [9.17, 15) is 18.0 Å². The van der Waals surface area contributed by atoms with Crippen LogP contribution in [0.4, 0.5) is 18.9 Å². The Morgan fingerprint density at radius 1 is 1.09 bits per heavy atom. The third-order valence-electron chi connectivity index (χ3n) is 4.49. The number of anilines is 1. The monoisotopic (exact) mass is 446 g/mol. The maximum atomic E-state index is 13.0. The van der Waals surface area contributed by atoms with Gasteiger partial charge in [0.1, 0.15) is 0 Å². The van der Waals surface area contributed by atoms with Crippen molar-refractivity contribution in [3.8, 4) is 23.1 Å². The Balaban J connectivity index is 2.02. The summed E-state index contributed by atoms with van der Waals surface area (Å²) in [5.74, 6) is 0.240. The molecule has 0 unspecified atom stereocenters. The van der Waals surface area contributed by atoms with E-state index >= 15 is 0 Å². The van der Waals surface area contributed by atoms with Crippen LogP contribution in [0.3, 0.4) is 0 Å². The van der Waals surface area contributed by atoms with Crippen LogP contribution in [0.5, 0.6) is 6.01 Å². The topological polar surface area (TPSA) is 69.0 Å². The quantitative estimate of drug-likeness (QED) is 0.514. The fraction of sp³-hybridized carbons (Fsp3) is 0.348. The number of nitrogens with one attached hydrogen (secondary N) is 1. The summed E-state index contributed by atoms with van der Waals surface area (Å²) in [6.07, 6.45) is -4.43. The normalized spacial score (nSPS) is 11.8. The van der Waals surface area contributed by atoms with E-state index in [4.69, 9.17) is 4.74 Å². The van der Waals surface area contributed by atoms with Gasteiger partial charge >= 0.3 is 12.2 Å². The molecule has 0 spiro atoms. The van der Waals surface area contributed by atoms with Gasteiger partial charge in [0.15, 0.2) is 5.82 Å². The molecular formula is C23H25F3N4O2. The number of hydrogen-bond acceptors (Lipinski definition) is 4. The maximum absolute atomic E-state index is 13.0. The molecule has 0 atom stereocenters. The van der Waals surface area contributed by atoms with Crippen LogP contribution in [0.1, 0.15) is 33.3 Å². The van der Waals surface area contributed by atoms with E-state index in [1.165, 1.54) is 16.8 Å². The molecule has 0 saturated carbocycles. The second kappa shape index (κ2) is 9.42. The SMILES string of the molecule is CC(C)COc1nc(-c2ccc(C(F)(F)F)cc2)n(-c2cccc(NC(=O)C(C)C)c2)n1. The summed E-state index contributed by atoms with van der Waals surface area (Å²) in [5, 5.41) is 7.23. The third-order valence-corrected chi connectivity index (χ3v) is 4.49. The zero-order valence-electron chi connectivity index (χ0n) is 18.3. The number of alkyl halides is 3. The Bertz CT molecular complexity index is 1070. The van der Waals surface area contributed by atoms with Crippen molar-refractivity contribution in [1.29, 1.82) is 0 Å². The predicted molar refractivity (Wildman–Crippen MR) is 116 cm³/mol. The highest BCUT2D eigenvalue weighted by Crippen LogP contribution is 2.32. The molecular weight excluding hydrogens is 421 g/mol. The van der Waals surface area contributed by atoms with Crippen molar-refractivity contribution < 1.29 is 22.7 Å². The van der Waals surface area contributed by atoms with E-state index in [0.29, 0.717) is 29.4 Å². The molecule has 1 amide bonds. The van der Waals surface area contributed by atoms with Crippen LogP contribution in [0.25, 0.3) is 17.1 Å². The molecule has 3 rings (SSSR count). The zero-order chi connectivity index (χ0) is 23.5. The molecule has 0 bridgehead atoms. The second-order valence-electron chi connectivity index (χ2n) is 8.10. The van der Waals surface area contributed by atoms with Crippen molar-refractivity contribution in [3.05, 3.63) is 54.1 Å². The molecule has 170 valence electrons. The summed E-state index contributed by atoms with van der Waals surface area (Å²) in [7, 11) is 0. The van der Waals surface area contributed by atoms with E-state index in [2.05, 4.69) is 15.4 Å². The molecule has 3 aromatic rings. The molecule has 0 fully saturated rings. The fourth-order valence-electron chi connectivity index (χ4n) is 2.77. The first-order chi connectivity index (χ1) is 15.0. The number of aromatic nitrogens is 3. The van der Waals surface area contributed by atoms with Gasteiger partial charge < -0.3 is 10.1 Å². The van der Waals surface area contributed by atoms with E-state index in [0.717, 1.165) is 12.1 Å². The highest BCUT2D eigenvalue weighted by atomic mass is 19.4. The molecule has 0 aliphatic heterocycles. The Morgan fingerprint density at radius 2 is 1.78 bits per heavy atom. The average molecular weight is 446 g/mol. The van der Waals surface area contributed by atoms with Gasteiger partial charge in [-0.05, 0) is 36.2 Å². The molecule has 6 nitrogen and oxygen atoms in total. The molecule has 9 heteroatoms. The van der Waals surface area contributed by atoms with Crippen molar-refractivity contribution in [1.82, 2.24) is 14.8 Å². The molecule has 0 aliphatic rings. The van der Waals surface area contributed by atoms with E-state index in [1.54, 1.807) is 38.1 Å². The standard InChI is InChI=1S/C23H25F3N4O2/c1-14(2)13-32-22-28-20(16-8-10-17(11-9-16)23(24,25)26)30(29-22)19-7-5-6-18(12-19)27-21(31)15(3)4/h5-12,14-15H,13H2,1-4H3,(H,27,31). The van der Waals surface area contributed by atoms with Crippen molar-refractivity contribution in [3.63, 3.8) is 0 Å². The number of rotatable bonds is 7. The van der Waals surface area contributed by atoms with Gasteiger partial charge in [0, 0.05) is 17.2 Å². The van der Waals surface area contributed by atoms with Crippen LogP contribution < -0.4 is 10.1 Å². The Hall–Kier alpha value is -3.36. The lowest BCUT2D eigenvalue weighted by atomic mass is 10.1. The van der Waals surface area contributed by atoms with Crippen molar-refractivity contribution in [2.75, 3.05) is 11.9 Å². The third kappa shape index (κ3) is 5.66. The first-order valence-corrected chi connectivity index (χ1v) is 10.2. The highest BCUT2D eigenvalue weighted by Gasteiger charge is 2.30. The molecule has 0 radical (unpaired) electrons. The van der Waals surface area contributed by atoms with Crippen molar-refractivity contribution >= 4 is 11.6 Å². The first kappa shape index (κ1) is 23.3. The van der Waals surface area contributed by atoms with Crippen LogP contribution in [-0.2, 0) is 11.0 Å². The molecule has 1 aromatic heterocycles. The van der Waals surface area contributed by atoms with Gasteiger partial charge in [0.2, 0.25) is 5.91 Å². The summed E-state index contributed by atoms with van der Waals surface area (Å²) in [5.41, 5.74) is 0.844. The van der Waals surface area contributed by atoms with Gasteiger partial charge in [0.25, 0.3) is 0 Å². The van der Waals surface area contributed by atoms with Gasteiger partial charge in [-0.3, -0.25) is 4.79 Å². The summed E-state index contributed by atoms with van der Waals surface area (Å²) in [4.78, 5) is 16.5. The Labute approximate surface area is 184 Å².